The maximum atomic E-state index is 14.2. The standard InChI is InChI=1S/C43H67N7O8/c1-26(51)47-34-16-8-13-33(34)43(58)48-35(14-2-4-21-44)38(53)24-28-9-6-12-32(28)42(57)50-37(23-27-17-19-30(52)20-18-27)39(54)25-29-10-7-11-31(29)41(56)49-36(40(46)55)15-3-5-22-45/h17-20,28-29,31-37,52H,2-16,21-25,44-45H2,1H3,(H2,46,55)(H,47,51)(H,48,58)(H,49,56)(H,50,57)/t28-,29-,31+,32+,33+,34+,35+,36+,37+/m0/s1. The summed E-state index contributed by atoms with van der Waals surface area (Å²) in [6.07, 6.45) is 9.78. The molecule has 1 aromatic rings. The highest BCUT2D eigenvalue weighted by atomic mass is 16.3. The average molecular weight is 810 g/mol. The van der Waals surface area contributed by atoms with Crippen molar-refractivity contribution in [2.45, 2.75) is 147 Å². The number of nitrogens with one attached hydrogen (secondary N) is 4. The minimum absolute atomic E-state index is 0.0517. The molecule has 0 spiro atoms. The van der Waals surface area contributed by atoms with Gasteiger partial charge in [0, 0.05) is 37.6 Å². The summed E-state index contributed by atoms with van der Waals surface area (Å²) in [4.78, 5) is 93.0. The molecule has 9 atom stereocenters. The Bertz CT molecular complexity index is 1570. The molecule has 0 unspecified atom stereocenters. The normalized spacial score (nSPS) is 24.3. The van der Waals surface area contributed by atoms with Crippen LogP contribution in [0.1, 0.15) is 122 Å². The van der Waals surface area contributed by atoms with Crippen molar-refractivity contribution >= 4 is 41.1 Å². The number of phenolic OH excluding ortho intramolecular Hbond substituents is 1. The molecule has 3 aliphatic carbocycles. The molecule has 0 radical (unpaired) electrons. The minimum atomic E-state index is -0.917. The van der Waals surface area contributed by atoms with Crippen molar-refractivity contribution in [1.29, 1.82) is 0 Å². The van der Waals surface area contributed by atoms with Gasteiger partial charge < -0.3 is 43.6 Å². The van der Waals surface area contributed by atoms with Gasteiger partial charge >= 0.3 is 0 Å². The van der Waals surface area contributed by atoms with Crippen molar-refractivity contribution in [2.75, 3.05) is 13.1 Å². The van der Waals surface area contributed by atoms with Gasteiger partial charge in [-0.05, 0) is 126 Å². The fourth-order valence-corrected chi connectivity index (χ4v) is 9.30. The Morgan fingerprint density at radius 2 is 1.10 bits per heavy atom. The zero-order valence-corrected chi connectivity index (χ0v) is 34.2. The van der Waals surface area contributed by atoms with Gasteiger partial charge in [-0.25, -0.2) is 0 Å². The number of hydrogen-bond donors (Lipinski definition) is 8. The topological polar surface area (TPSA) is 266 Å². The molecule has 3 fully saturated rings. The molecule has 0 bridgehead atoms. The van der Waals surface area contributed by atoms with E-state index < -0.39 is 41.8 Å². The SMILES string of the molecule is CC(=O)N[C@@H]1CCC[C@H]1C(=O)N[C@H](CCCCN)C(=O)C[C@@H]1CCC[C@H]1C(=O)N[C@H](Cc1ccc(O)cc1)C(=O)C[C@@H]1CCC[C@H]1C(=O)N[C@H](CCCCN)C(N)=O. The van der Waals surface area contributed by atoms with Gasteiger partial charge in [-0.3, -0.25) is 33.6 Å². The van der Waals surface area contributed by atoms with Crippen LogP contribution >= 0.6 is 0 Å². The van der Waals surface area contributed by atoms with E-state index in [2.05, 4.69) is 21.3 Å². The first kappa shape index (κ1) is 46.3. The number of aromatic hydroxyl groups is 1. The van der Waals surface area contributed by atoms with Crippen LogP contribution in [0.15, 0.2) is 24.3 Å². The molecule has 0 aromatic heterocycles. The van der Waals surface area contributed by atoms with Crippen LogP contribution in [0.4, 0.5) is 0 Å². The quantitative estimate of drug-likeness (QED) is 0.0706. The molecule has 0 heterocycles. The Hall–Kier alpha value is -4.37. The first-order valence-corrected chi connectivity index (χ1v) is 21.5. The number of ketones is 2. The highest BCUT2D eigenvalue weighted by molar-refractivity contribution is 5.93. The third-order valence-electron chi connectivity index (χ3n) is 12.5. The molecule has 58 heavy (non-hydrogen) atoms. The van der Waals surface area contributed by atoms with Crippen LogP contribution in [0, 0.1) is 29.6 Å². The maximum Gasteiger partial charge on any atom is 0.239 e. The first-order valence-electron chi connectivity index (χ1n) is 21.5. The highest BCUT2D eigenvalue weighted by Crippen LogP contribution is 2.37. The summed E-state index contributed by atoms with van der Waals surface area (Å²) in [6.45, 7) is 2.35. The number of carbonyl (C=O) groups excluding carboxylic acids is 7. The summed E-state index contributed by atoms with van der Waals surface area (Å²) in [6, 6.07) is 3.67. The van der Waals surface area contributed by atoms with E-state index in [1.807, 2.05) is 0 Å². The molecule has 15 heteroatoms. The molecule has 0 aliphatic heterocycles. The maximum absolute atomic E-state index is 14.2. The zero-order valence-electron chi connectivity index (χ0n) is 34.2. The number of primary amides is 1. The number of phenols is 1. The number of hydrogen-bond acceptors (Lipinski definition) is 10. The summed E-state index contributed by atoms with van der Waals surface area (Å²) in [5.74, 6) is -4.00. The number of Topliss-reactive ketones (excluding diaryl/α,β-unsaturated/α-hetero) is 2. The van der Waals surface area contributed by atoms with E-state index in [1.54, 1.807) is 12.1 Å². The van der Waals surface area contributed by atoms with Gasteiger partial charge in [-0.1, -0.05) is 31.4 Å². The third kappa shape index (κ3) is 13.9. The molecule has 11 N–H and O–H groups in total. The predicted octanol–water partition coefficient (Wildman–Crippen LogP) is 2.19. The van der Waals surface area contributed by atoms with Gasteiger partial charge in [-0.15, -0.1) is 0 Å². The Balaban J connectivity index is 1.44. The van der Waals surface area contributed by atoms with Gasteiger partial charge in [0.05, 0.1) is 18.0 Å². The van der Waals surface area contributed by atoms with Crippen LogP contribution in [-0.4, -0.2) is 83.5 Å². The van der Waals surface area contributed by atoms with E-state index in [9.17, 15) is 38.7 Å². The van der Waals surface area contributed by atoms with Crippen molar-refractivity contribution in [3.63, 3.8) is 0 Å². The lowest BCUT2D eigenvalue weighted by Crippen LogP contribution is -2.49. The highest BCUT2D eigenvalue weighted by Gasteiger charge is 2.41. The fourth-order valence-electron chi connectivity index (χ4n) is 9.30. The Labute approximate surface area is 342 Å². The van der Waals surface area contributed by atoms with Crippen molar-refractivity contribution in [3.8, 4) is 5.75 Å². The van der Waals surface area contributed by atoms with E-state index in [0.717, 1.165) is 24.8 Å². The Kier molecular flexibility index (Phi) is 18.6. The number of nitrogens with two attached hydrogens (primary N) is 3. The van der Waals surface area contributed by atoms with E-state index in [0.29, 0.717) is 90.1 Å². The zero-order chi connectivity index (χ0) is 42.2. The average Bonchev–Trinajstić information content (AvgIpc) is 3.96. The molecule has 0 saturated heterocycles. The number of rotatable bonds is 24. The third-order valence-corrected chi connectivity index (χ3v) is 12.5. The molecular formula is C43H67N7O8. The van der Waals surface area contributed by atoms with Crippen LogP contribution in [0.2, 0.25) is 0 Å². The van der Waals surface area contributed by atoms with Crippen molar-refractivity contribution in [2.24, 2.45) is 46.8 Å². The molecule has 1 aromatic carbocycles. The second kappa shape index (κ2) is 23.3. The van der Waals surface area contributed by atoms with Crippen molar-refractivity contribution in [1.82, 2.24) is 21.3 Å². The lowest BCUT2D eigenvalue weighted by atomic mass is 9.85. The summed E-state index contributed by atoms with van der Waals surface area (Å²) in [5, 5.41) is 21.6. The van der Waals surface area contributed by atoms with Gasteiger partial charge in [0.1, 0.15) is 11.8 Å². The van der Waals surface area contributed by atoms with E-state index in [4.69, 9.17) is 17.2 Å². The van der Waals surface area contributed by atoms with Crippen LogP contribution in [-0.2, 0) is 40.0 Å². The van der Waals surface area contributed by atoms with E-state index in [1.165, 1.54) is 19.1 Å². The van der Waals surface area contributed by atoms with Gasteiger partial charge in [0.25, 0.3) is 0 Å². The first-order chi connectivity index (χ1) is 27.8. The fraction of sp³-hybridized carbons (Fsp3) is 0.698. The van der Waals surface area contributed by atoms with Crippen LogP contribution in [0.25, 0.3) is 0 Å². The lowest BCUT2D eigenvalue weighted by molar-refractivity contribution is -0.134. The molecule has 3 saturated carbocycles. The van der Waals surface area contributed by atoms with Crippen molar-refractivity contribution in [3.05, 3.63) is 29.8 Å². The van der Waals surface area contributed by atoms with Crippen LogP contribution in [0.5, 0.6) is 5.75 Å². The number of carbonyl (C=O) groups is 7. The summed E-state index contributed by atoms with van der Waals surface area (Å²) < 4.78 is 0. The molecular weight excluding hydrogens is 743 g/mol. The molecule has 322 valence electrons. The molecule has 4 rings (SSSR count). The Morgan fingerprint density at radius 3 is 1.64 bits per heavy atom. The predicted molar refractivity (Wildman–Crippen MR) is 218 cm³/mol. The lowest BCUT2D eigenvalue weighted by Gasteiger charge is -2.27. The van der Waals surface area contributed by atoms with Crippen LogP contribution in [0.3, 0.4) is 0 Å². The second-order valence-corrected chi connectivity index (χ2v) is 16.8. The Morgan fingerprint density at radius 1 is 0.638 bits per heavy atom. The van der Waals surface area contributed by atoms with E-state index >= 15 is 0 Å². The summed E-state index contributed by atoms with van der Waals surface area (Å²) >= 11 is 0. The second-order valence-electron chi connectivity index (χ2n) is 16.8. The number of unbranched alkanes of at least 4 members (excludes halogenated alkanes) is 2. The van der Waals surface area contributed by atoms with Gasteiger partial charge in [0.15, 0.2) is 11.6 Å². The summed E-state index contributed by atoms with van der Waals surface area (Å²) in [5.41, 5.74) is 17.7. The number of amides is 5. The monoisotopic (exact) mass is 810 g/mol. The molecule has 3 aliphatic rings. The molecule has 15 nitrogen and oxygen atoms in total. The number of benzene rings is 1. The van der Waals surface area contributed by atoms with Gasteiger partial charge in [-0.2, -0.15) is 0 Å². The van der Waals surface area contributed by atoms with Crippen molar-refractivity contribution < 1.29 is 38.7 Å². The van der Waals surface area contributed by atoms with E-state index in [-0.39, 0.29) is 78.1 Å². The van der Waals surface area contributed by atoms with Crippen LogP contribution < -0.4 is 38.5 Å². The minimum Gasteiger partial charge on any atom is -0.508 e. The summed E-state index contributed by atoms with van der Waals surface area (Å²) in [7, 11) is 0. The van der Waals surface area contributed by atoms with Gasteiger partial charge in [0.2, 0.25) is 29.5 Å². The molecule has 5 amide bonds. The smallest absolute Gasteiger partial charge is 0.239 e. The largest absolute Gasteiger partial charge is 0.508 e.